The molecule has 124 valence electrons. The molecule has 0 saturated heterocycles. The van der Waals surface area contributed by atoms with Crippen LogP contribution in [0.3, 0.4) is 0 Å². The lowest BCUT2D eigenvalue weighted by Gasteiger charge is -2.29. The normalized spacial score (nSPS) is 19.7. The van der Waals surface area contributed by atoms with E-state index in [0.29, 0.717) is 25.7 Å². The number of aromatic nitrogens is 3. The van der Waals surface area contributed by atoms with Crippen molar-refractivity contribution in [1.29, 1.82) is 0 Å². The van der Waals surface area contributed by atoms with Crippen molar-refractivity contribution in [1.82, 2.24) is 19.7 Å². The number of fused-ring (bicyclic) bond motifs is 1. The quantitative estimate of drug-likeness (QED) is 0.825. The molecule has 0 unspecified atom stereocenters. The minimum absolute atomic E-state index is 0.303. The van der Waals surface area contributed by atoms with Crippen molar-refractivity contribution in [3.8, 4) is 0 Å². The molecule has 1 fully saturated rings. The zero-order chi connectivity index (χ0) is 15.6. The standard InChI is InChI=1S/C16H22N4O3/c21-13(10-22-11-14-2-1-7-23-14)8-19-5-6-20-15(9-19)17-18-16(20)12-3-4-12/h1-2,7,12-13,21H,3-6,8-11H2/t13-/m0/s1. The van der Waals surface area contributed by atoms with Gasteiger partial charge < -0.3 is 18.8 Å². The Morgan fingerprint density at radius 2 is 2.26 bits per heavy atom. The van der Waals surface area contributed by atoms with Crippen LogP contribution in [0.2, 0.25) is 0 Å². The fourth-order valence-electron chi connectivity index (χ4n) is 3.07. The number of aliphatic hydroxyl groups excluding tert-OH is 1. The van der Waals surface area contributed by atoms with E-state index in [1.807, 2.05) is 12.1 Å². The van der Waals surface area contributed by atoms with Gasteiger partial charge in [-0.1, -0.05) is 0 Å². The molecular formula is C16H22N4O3. The molecular weight excluding hydrogens is 296 g/mol. The molecule has 3 heterocycles. The molecule has 2 aromatic heterocycles. The van der Waals surface area contributed by atoms with E-state index in [-0.39, 0.29) is 0 Å². The van der Waals surface area contributed by atoms with Gasteiger partial charge in [0, 0.05) is 25.6 Å². The van der Waals surface area contributed by atoms with Gasteiger partial charge in [-0.3, -0.25) is 4.90 Å². The van der Waals surface area contributed by atoms with E-state index < -0.39 is 6.10 Å². The lowest BCUT2D eigenvalue weighted by molar-refractivity contribution is 0.000914. The first-order valence-electron chi connectivity index (χ1n) is 8.22. The second-order valence-electron chi connectivity index (χ2n) is 6.38. The SMILES string of the molecule is O[C@H](COCc1ccco1)CN1CCn2c(nnc2C2CC2)C1. The minimum atomic E-state index is -0.512. The van der Waals surface area contributed by atoms with E-state index >= 15 is 0 Å². The number of rotatable bonds is 7. The Morgan fingerprint density at radius 1 is 1.35 bits per heavy atom. The molecule has 1 N–H and O–H groups in total. The number of furan rings is 1. The molecule has 23 heavy (non-hydrogen) atoms. The Balaban J connectivity index is 1.24. The minimum Gasteiger partial charge on any atom is -0.467 e. The maximum absolute atomic E-state index is 10.1. The largest absolute Gasteiger partial charge is 0.467 e. The van der Waals surface area contributed by atoms with Gasteiger partial charge in [-0.05, 0) is 25.0 Å². The fraction of sp³-hybridized carbons (Fsp3) is 0.625. The van der Waals surface area contributed by atoms with E-state index in [0.717, 1.165) is 37.0 Å². The van der Waals surface area contributed by atoms with E-state index in [1.165, 1.54) is 12.8 Å². The first kappa shape index (κ1) is 14.9. The van der Waals surface area contributed by atoms with Gasteiger partial charge in [-0.2, -0.15) is 0 Å². The van der Waals surface area contributed by atoms with Crippen LogP contribution in [0, 0.1) is 0 Å². The predicted molar refractivity (Wildman–Crippen MR) is 81.6 cm³/mol. The maximum Gasteiger partial charge on any atom is 0.147 e. The molecule has 2 aliphatic rings. The number of nitrogens with zero attached hydrogens (tertiary/aromatic N) is 4. The van der Waals surface area contributed by atoms with Crippen LogP contribution in [-0.2, 0) is 24.4 Å². The summed E-state index contributed by atoms with van der Waals surface area (Å²) in [5.74, 6) is 3.57. The first-order chi connectivity index (χ1) is 11.3. The van der Waals surface area contributed by atoms with Crippen molar-refractivity contribution in [3.63, 3.8) is 0 Å². The molecule has 2 aromatic rings. The van der Waals surface area contributed by atoms with Crippen molar-refractivity contribution < 1.29 is 14.3 Å². The zero-order valence-corrected chi connectivity index (χ0v) is 13.1. The summed E-state index contributed by atoms with van der Waals surface area (Å²) >= 11 is 0. The van der Waals surface area contributed by atoms with Gasteiger partial charge in [-0.15, -0.1) is 10.2 Å². The highest BCUT2D eigenvalue weighted by molar-refractivity contribution is 5.09. The third kappa shape index (κ3) is 3.46. The first-order valence-corrected chi connectivity index (χ1v) is 8.22. The van der Waals surface area contributed by atoms with Crippen LogP contribution < -0.4 is 0 Å². The molecule has 0 radical (unpaired) electrons. The number of hydrogen-bond donors (Lipinski definition) is 1. The average molecular weight is 318 g/mol. The third-order valence-electron chi connectivity index (χ3n) is 4.41. The molecule has 7 heteroatoms. The van der Waals surface area contributed by atoms with Crippen LogP contribution in [0.4, 0.5) is 0 Å². The summed E-state index contributed by atoms with van der Waals surface area (Å²) in [4.78, 5) is 2.21. The second-order valence-corrected chi connectivity index (χ2v) is 6.38. The second kappa shape index (κ2) is 6.43. The van der Waals surface area contributed by atoms with Crippen molar-refractivity contribution in [2.45, 2.75) is 44.6 Å². The highest BCUT2D eigenvalue weighted by Gasteiger charge is 2.32. The Hall–Kier alpha value is -1.70. The predicted octanol–water partition coefficient (Wildman–Crippen LogP) is 1.14. The number of ether oxygens (including phenoxy) is 1. The molecule has 1 aliphatic heterocycles. The Bertz CT molecular complexity index is 636. The fourth-order valence-corrected chi connectivity index (χ4v) is 3.07. The van der Waals surface area contributed by atoms with Gasteiger partial charge in [0.25, 0.3) is 0 Å². The lowest BCUT2D eigenvalue weighted by Crippen LogP contribution is -2.40. The third-order valence-corrected chi connectivity index (χ3v) is 4.41. The van der Waals surface area contributed by atoms with E-state index in [4.69, 9.17) is 9.15 Å². The van der Waals surface area contributed by atoms with Crippen LogP contribution in [0.5, 0.6) is 0 Å². The summed E-state index contributed by atoms with van der Waals surface area (Å²) in [6.45, 7) is 3.85. The van der Waals surface area contributed by atoms with E-state index in [2.05, 4.69) is 19.7 Å². The molecule has 1 atom stereocenters. The van der Waals surface area contributed by atoms with Gasteiger partial charge >= 0.3 is 0 Å². The molecule has 1 saturated carbocycles. The van der Waals surface area contributed by atoms with Gasteiger partial charge in [0.1, 0.15) is 24.0 Å². The van der Waals surface area contributed by atoms with Crippen LogP contribution in [0.25, 0.3) is 0 Å². The smallest absolute Gasteiger partial charge is 0.147 e. The van der Waals surface area contributed by atoms with Gasteiger partial charge in [-0.25, -0.2) is 0 Å². The highest BCUT2D eigenvalue weighted by atomic mass is 16.5. The summed E-state index contributed by atoms with van der Waals surface area (Å²) in [6, 6.07) is 3.69. The Kier molecular flexibility index (Phi) is 4.15. The zero-order valence-electron chi connectivity index (χ0n) is 13.1. The highest BCUT2D eigenvalue weighted by Crippen LogP contribution is 2.39. The molecule has 1 aliphatic carbocycles. The van der Waals surface area contributed by atoms with E-state index in [9.17, 15) is 5.11 Å². The number of aliphatic hydroxyl groups is 1. The van der Waals surface area contributed by atoms with Gasteiger partial charge in [0.2, 0.25) is 0 Å². The summed E-state index contributed by atoms with van der Waals surface area (Å²) < 4.78 is 12.9. The Labute approximate surface area is 134 Å². The molecule has 4 rings (SSSR count). The number of β-amino-alcohol motifs (C(OH)–C–C–N with tert-alkyl or cyclic N) is 1. The lowest BCUT2D eigenvalue weighted by atomic mass is 10.2. The average Bonchev–Trinajstić information content (AvgIpc) is 3.09. The van der Waals surface area contributed by atoms with Crippen LogP contribution in [-0.4, -0.2) is 50.6 Å². The van der Waals surface area contributed by atoms with Gasteiger partial charge in [0.05, 0.1) is 25.5 Å². The van der Waals surface area contributed by atoms with Gasteiger partial charge in [0.15, 0.2) is 0 Å². The molecule has 0 aromatic carbocycles. The molecule has 0 spiro atoms. The van der Waals surface area contributed by atoms with Crippen molar-refractivity contribution >= 4 is 0 Å². The van der Waals surface area contributed by atoms with E-state index in [1.54, 1.807) is 6.26 Å². The van der Waals surface area contributed by atoms with Crippen molar-refractivity contribution in [2.75, 3.05) is 19.7 Å². The van der Waals surface area contributed by atoms with Crippen molar-refractivity contribution in [2.24, 2.45) is 0 Å². The monoisotopic (exact) mass is 318 g/mol. The summed E-state index contributed by atoms with van der Waals surface area (Å²) in [5, 5.41) is 18.8. The van der Waals surface area contributed by atoms with Crippen LogP contribution in [0.15, 0.2) is 22.8 Å². The molecule has 7 nitrogen and oxygen atoms in total. The van der Waals surface area contributed by atoms with Crippen molar-refractivity contribution in [3.05, 3.63) is 35.8 Å². The molecule has 0 amide bonds. The summed E-state index contributed by atoms with van der Waals surface area (Å²) in [5.41, 5.74) is 0. The van der Waals surface area contributed by atoms with Crippen LogP contribution in [0.1, 0.15) is 36.2 Å². The maximum atomic E-state index is 10.1. The summed E-state index contributed by atoms with van der Waals surface area (Å²) in [6.07, 6.45) is 3.60. The Morgan fingerprint density at radius 3 is 3.04 bits per heavy atom. The topological polar surface area (TPSA) is 76.6 Å². The summed E-state index contributed by atoms with van der Waals surface area (Å²) in [7, 11) is 0. The molecule has 0 bridgehead atoms. The number of hydrogen-bond acceptors (Lipinski definition) is 6. The van der Waals surface area contributed by atoms with Crippen LogP contribution >= 0.6 is 0 Å².